The molecule has 1 nitrogen and oxygen atoms in total. The van der Waals surface area contributed by atoms with Crippen molar-refractivity contribution in [1.29, 1.82) is 0 Å². The Hall–Kier alpha value is -1.89. The Balaban J connectivity index is 2.34. The zero-order valence-electron chi connectivity index (χ0n) is 10.9. The quantitative estimate of drug-likeness (QED) is 0.729. The maximum Gasteiger partial charge on any atom is 0.130 e. The predicted molar refractivity (Wildman–Crippen MR) is 75.6 cm³/mol. The maximum atomic E-state index is 11.2. The van der Waals surface area contributed by atoms with E-state index in [9.17, 15) is 4.79 Å². The van der Waals surface area contributed by atoms with Crippen LogP contribution < -0.4 is 0 Å². The third-order valence-electron chi connectivity index (χ3n) is 3.65. The summed E-state index contributed by atoms with van der Waals surface area (Å²) in [5.74, 6) is 0. The summed E-state index contributed by atoms with van der Waals surface area (Å²) < 4.78 is 0. The van der Waals surface area contributed by atoms with Gasteiger partial charge in [-0.2, -0.15) is 0 Å². The molecule has 0 aliphatic carbocycles. The average Bonchev–Trinajstić information content (AvgIpc) is 2.47. The van der Waals surface area contributed by atoms with E-state index in [4.69, 9.17) is 0 Å². The van der Waals surface area contributed by atoms with Crippen LogP contribution in [-0.2, 0) is 10.2 Å². The zero-order valence-corrected chi connectivity index (χ0v) is 10.9. The van der Waals surface area contributed by atoms with E-state index in [0.29, 0.717) is 0 Å². The van der Waals surface area contributed by atoms with Crippen LogP contribution in [0.5, 0.6) is 0 Å². The number of rotatable bonds is 4. The second kappa shape index (κ2) is 5.18. The molecule has 0 radical (unpaired) electrons. The maximum absolute atomic E-state index is 11.2. The fraction of sp³-hybridized carbons (Fsp3) is 0.235. The molecule has 2 rings (SSSR count). The van der Waals surface area contributed by atoms with Gasteiger partial charge in [0.1, 0.15) is 6.29 Å². The van der Waals surface area contributed by atoms with E-state index in [1.807, 2.05) is 32.0 Å². The van der Waals surface area contributed by atoms with E-state index in [1.54, 1.807) is 0 Å². The van der Waals surface area contributed by atoms with Crippen LogP contribution in [0.25, 0.3) is 11.1 Å². The van der Waals surface area contributed by atoms with Crippen LogP contribution in [0.1, 0.15) is 25.8 Å². The van der Waals surface area contributed by atoms with Crippen molar-refractivity contribution < 1.29 is 4.79 Å². The minimum absolute atomic E-state index is 0.366. The summed E-state index contributed by atoms with van der Waals surface area (Å²) in [4.78, 5) is 11.2. The Labute approximate surface area is 108 Å². The molecule has 0 N–H and O–H groups in total. The van der Waals surface area contributed by atoms with Crippen molar-refractivity contribution in [2.45, 2.75) is 25.7 Å². The molecule has 0 aliphatic heterocycles. The van der Waals surface area contributed by atoms with Crippen molar-refractivity contribution in [1.82, 2.24) is 0 Å². The molecule has 1 heteroatoms. The highest BCUT2D eigenvalue weighted by Crippen LogP contribution is 2.27. The molecular formula is C17H18O. The minimum Gasteiger partial charge on any atom is -0.302 e. The molecular weight excluding hydrogens is 220 g/mol. The van der Waals surface area contributed by atoms with Crippen LogP contribution in [-0.4, -0.2) is 6.29 Å². The van der Waals surface area contributed by atoms with Crippen LogP contribution in [0.2, 0.25) is 0 Å². The molecule has 0 aromatic heterocycles. The Bertz CT molecular complexity index is 513. The number of hydrogen-bond acceptors (Lipinski definition) is 1. The summed E-state index contributed by atoms with van der Waals surface area (Å²) in [7, 11) is 0. The molecule has 92 valence electrons. The largest absolute Gasteiger partial charge is 0.302 e. The van der Waals surface area contributed by atoms with E-state index >= 15 is 0 Å². The molecule has 0 aliphatic rings. The molecule has 2 aromatic carbocycles. The van der Waals surface area contributed by atoms with Gasteiger partial charge in [-0.15, -0.1) is 0 Å². The Morgan fingerprint density at radius 1 is 0.944 bits per heavy atom. The molecule has 2 aromatic rings. The second-order valence-corrected chi connectivity index (χ2v) is 4.83. The van der Waals surface area contributed by atoms with Crippen LogP contribution in [0.4, 0.5) is 0 Å². The van der Waals surface area contributed by atoms with Gasteiger partial charge in [0.15, 0.2) is 0 Å². The molecule has 0 saturated carbocycles. The van der Waals surface area contributed by atoms with Gasteiger partial charge in [-0.3, -0.25) is 0 Å². The van der Waals surface area contributed by atoms with Gasteiger partial charge in [-0.1, -0.05) is 61.5 Å². The van der Waals surface area contributed by atoms with Gasteiger partial charge in [0, 0.05) is 5.41 Å². The third kappa shape index (κ3) is 2.35. The lowest BCUT2D eigenvalue weighted by Crippen LogP contribution is -2.22. The smallest absolute Gasteiger partial charge is 0.130 e. The average molecular weight is 238 g/mol. The van der Waals surface area contributed by atoms with E-state index in [0.717, 1.165) is 18.3 Å². The zero-order chi connectivity index (χ0) is 13.0. The summed E-state index contributed by atoms with van der Waals surface area (Å²) in [6, 6.07) is 18.5. The molecule has 18 heavy (non-hydrogen) atoms. The first-order valence-electron chi connectivity index (χ1n) is 6.32. The van der Waals surface area contributed by atoms with Crippen molar-refractivity contribution in [2.24, 2.45) is 0 Å². The highest BCUT2D eigenvalue weighted by atomic mass is 16.1. The topological polar surface area (TPSA) is 17.1 Å². The highest BCUT2D eigenvalue weighted by molar-refractivity contribution is 5.70. The van der Waals surface area contributed by atoms with E-state index < -0.39 is 0 Å². The van der Waals surface area contributed by atoms with Crippen LogP contribution in [0.15, 0.2) is 54.6 Å². The van der Waals surface area contributed by atoms with Crippen molar-refractivity contribution in [2.75, 3.05) is 0 Å². The van der Waals surface area contributed by atoms with Crippen LogP contribution in [0, 0.1) is 0 Å². The van der Waals surface area contributed by atoms with E-state index in [1.165, 1.54) is 11.1 Å². The Morgan fingerprint density at radius 3 is 2.00 bits per heavy atom. The summed E-state index contributed by atoms with van der Waals surface area (Å²) in [6.07, 6.45) is 1.87. The number of carbonyl (C=O) groups is 1. The normalized spacial score (nSPS) is 13.9. The summed E-state index contributed by atoms with van der Waals surface area (Å²) >= 11 is 0. The number of aldehydes is 1. The molecule has 0 bridgehead atoms. The molecule has 1 unspecified atom stereocenters. The Kier molecular flexibility index (Phi) is 3.61. The van der Waals surface area contributed by atoms with Gasteiger partial charge in [-0.05, 0) is 30.0 Å². The highest BCUT2D eigenvalue weighted by Gasteiger charge is 2.23. The molecule has 1 atom stereocenters. The first-order valence-corrected chi connectivity index (χ1v) is 6.32. The molecule has 0 saturated heterocycles. The SMILES string of the molecule is CCC(C)(C=O)c1ccc(-c2ccccc2)cc1. The Morgan fingerprint density at radius 2 is 1.50 bits per heavy atom. The first-order chi connectivity index (χ1) is 8.69. The summed E-state index contributed by atoms with van der Waals surface area (Å²) in [5, 5.41) is 0. The van der Waals surface area contributed by atoms with Gasteiger partial charge < -0.3 is 4.79 Å². The molecule has 0 heterocycles. The lowest BCUT2D eigenvalue weighted by Gasteiger charge is -2.21. The molecule has 0 fully saturated rings. The fourth-order valence-corrected chi connectivity index (χ4v) is 2.03. The standard InChI is InChI=1S/C17H18O/c1-3-17(2,13-18)16-11-9-15(10-12-16)14-7-5-4-6-8-14/h4-13H,3H2,1-2H3. The van der Waals surface area contributed by atoms with Crippen molar-refractivity contribution in [3.63, 3.8) is 0 Å². The first kappa shape index (κ1) is 12.6. The van der Waals surface area contributed by atoms with Crippen molar-refractivity contribution in [3.05, 3.63) is 60.2 Å². The number of carbonyl (C=O) groups excluding carboxylic acids is 1. The van der Waals surface area contributed by atoms with Crippen molar-refractivity contribution >= 4 is 6.29 Å². The predicted octanol–water partition coefficient (Wildman–Crippen LogP) is 4.22. The van der Waals surface area contributed by atoms with Gasteiger partial charge >= 0.3 is 0 Å². The monoisotopic (exact) mass is 238 g/mol. The number of hydrogen-bond donors (Lipinski definition) is 0. The lowest BCUT2D eigenvalue weighted by atomic mass is 9.81. The molecule has 0 spiro atoms. The second-order valence-electron chi connectivity index (χ2n) is 4.83. The van der Waals surface area contributed by atoms with E-state index in [2.05, 4.69) is 36.4 Å². The van der Waals surface area contributed by atoms with Crippen LogP contribution >= 0.6 is 0 Å². The van der Waals surface area contributed by atoms with E-state index in [-0.39, 0.29) is 5.41 Å². The van der Waals surface area contributed by atoms with Gasteiger partial charge in [0.25, 0.3) is 0 Å². The number of benzene rings is 2. The molecule has 0 amide bonds. The fourth-order valence-electron chi connectivity index (χ4n) is 2.03. The van der Waals surface area contributed by atoms with Gasteiger partial charge in [-0.25, -0.2) is 0 Å². The minimum atomic E-state index is -0.366. The van der Waals surface area contributed by atoms with Crippen LogP contribution in [0.3, 0.4) is 0 Å². The third-order valence-corrected chi connectivity index (χ3v) is 3.65. The summed E-state index contributed by atoms with van der Waals surface area (Å²) in [5.41, 5.74) is 3.10. The van der Waals surface area contributed by atoms with Crippen molar-refractivity contribution in [3.8, 4) is 11.1 Å². The lowest BCUT2D eigenvalue weighted by molar-refractivity contribution is -0.112. The van der Waals surface area contributed by atoms with Gasteiger partial charge in [0.05, 0.1) is 0 Å². The summed E-state index contributed by atoms with van der Waals surface area (Å²) in [6.45, 7) is 4.02. The van der Waals surface area contributed by atoms with Gasteiger partial charge in [0.2, 0.25) is 0 Å².